The molecule has 3 aromatic rings. The fourth-order valence-electron chi connectivity index (χ4n) is 3.52. The van der Waals surface area contributed by atoms with Crippen LogP contribution in [0.3, 0.4) is 0 Å². The van der Waals surface area contributed by atoms with Crippen molar-refractivity contribution in [2.75, 3.05) is 0 Å². The summed E-state index contributed by atoms with van der Waals surface area (Å²) in [5, 5.41) is 0. The maximum atomic E-state index is 13.3. The van der Waals surface area contributed by atoms with Gasteiger partial charge in [0, 0.05) is 5.41 Å². The highest BCUT2D eigenvalue weighted by Gasteiger charge is 2.35. The van der Waals surface area contributed by atoms with Gasteiger partial charge in [0.15, 0.2) is 0 Å². The summed E-state index contributed by atoms with van der Waals surface area (Å²) in [6, 6.07) is 21.4. The molecule has 0 fully saturated rings. The smallest absolute Gasteiger partial charge is 0.123 e. The summed E-state index contributed by atoms with van der Waals surface area (Å²) in [6.07, 6.45) is 2.19. The zero-order valence-corrected chi connectivity index (χ0v) is 13.3. The molecule has 0 amide bonds. The first-order chi connectivity index (χ1) is 11.6. The molecule has 0 saturated heterocycles. The van der Waals surface area contributed by atoms with E-state index in [1.165, 1.54) is 29.8 Å². The minimum absolute atomic E-state index is 0.239. The lowest BCUT2D eigenvalue weighted by Crippen LogP contribution is -2.18. The van der Waals surface area contributed by atoms with E-state index in [2.05, 4.69) is 25.1 Å². The van der Waals surface area contributed by atoms with E-state index in [0.29, 0.717) is 0 Å². The van der Waals surface area contributed by atoms with Crippen molar-refractivity contribution in [1.29, 1.82) is 0 Å². The second-order valence-corrected chi connectivity index (χ2v) is 6.32. The molecule has 1 aliphatic rings. The first-order valence-electron chi connectivity index (χ1n) is 7.93. The van der Waals surface area contributed by atoms with E-state index >= 15 is 0 Å². The zero-order valence-electron chi connectivity index (χ0n) is 13.3. The molecule has 24 heavy (non-hydrogen) atoms. The Hall–Kier alpha value is -2.74. The second-order valence-electron chi connectivity index (χ2n) is 6.32. The van der Waals surface area contributed by atoms with Crippen LogP contribution in [0.25, 0.3) is 5.57 Å². The Labute approximate surface area is 140 Å². The number of hydrogen-bond donors (Lipinski definition) is 0. The molecular formula is C22H16F2. The molecule has 4 rings (SSSR count). The van der Waals surface area contributed by atoms with Gasteiger partial charge in [0.25, 0.3) is 0 Å². The maximum absolute atomic E-state index is 13.3. The van der Waals surface area contributed by atoms with E-state index in [4.69, 9.17) is 0 Å². The van der Waals surface area contributed by atoms with Crippen molar-refractivity contribution < 1.29 is 8.78 Å². The molecule has 2 heteroatoms. The molecule has 0 aliphatic heterocycles. The van der Waals surface area contributed by atoms with Crippen molar-refractivity contribution in [2.24, 2.45) is 0 Å². The van der Waals surface area contributed by atoms with E-state index in [9.17, 15) is 8.78 Å². The summed E-state index contributed by atoms with van der Waals surface area (Å²) in [4.78, 5) is 0. The van der Waals surface area contributed by atoms with Gasteiger partial charge in [0.05, 0.1) is 0 Å². The molecular weight excluding hydrogens is 302 g/mol. The highest BCUT2D eigenvalue weighted by molar-refractivity contribution is 5.88. The third-order valence-corrected chi connectivity index (χ3v) is 4.81. The minimum Gasteiger partial charge on any atom is -0.207 e. The minimum atomic E-state index is -0.339. The quantitative estimate of drug-likeness (QED) is 0.567. The van der Waals surface area contributed by atoms with Crippen LogP contribution < -0.4 is 0 Å². The molecule has 118 valence electrons. The van der Waals surface area contributed by atoms with Crippen LogP contribution >= 0.6 is 0 Å². The highest BCUT2D eigenvalue weighted by atomic mass is 19.1. The maximum Gasteiger partial charge on any atom is 0.123 e. The topological polar surface area (TPSA) is 0 Å². The Morgan fingerprint density at radius 2 is 1.29 bits per heavy atom. The lowest BCUT2D eigenvalue weighted by atomic mass is 9.78. The molecule has 0 aromatic heterocycles. The van der Waals surface area contributed by atoms with Crippen LogP contribution in [-0.4, -0.2) is 0 Å². The van der Waals surface area contributed by atoms with Gasteiger partial charge in [-0.3, -0.25) is 0 Å². The molecule has 1 aliphatic carbocycles. The molecule has 3 aromatic carbocycles. The highest BCUT2D eigenvalue weighted by Crippen LogP contribution is 2.46. The number of allylic oxidation sites excluding steroid dienone is 1. The van der Waals surface area contributed by atoms with E-state index in [1.54, 1.807) is 12.1 Å². The van der Waals surface area contributed by atoms with Crippen LogP contribution in [0.2, 0.25) is 0 Å². The normalized spacial score (nSPS) is 19.0. The standard InChI is InChI=1S/C22H16F2/c1-22(16-8-12-18(24)13-9-16)14-20(15-6-10-17(23)11-7-15)19-4-2-3-5-21(19)22/h2-14H,1H3. The van der Waals surface area contributed by atoms with E-state index < -0.39 is 0 Å². The first-order valence-corrected chi connectivity index (χ1v) is 7.93. The van der Waals surface area contributed by atoms with Gasteiger partial charge in [-0.1, -0.05) is 54.6 Å². The number of halogens is 2. The van der Waals surface area contributed by atoms with E-state index in [1.807, 2.05) is 24.3 Å². The van der Waals surface area contributed by atoms with Crippen LogP contribution in [-0.2, 0) is 5.41 Å². The molecule has 0 N–H and O–H groups in total. The SMILES string of the molecule is CC1(c2ccc(F)cc2)C=C(c2ccc(F)cc2)c2ccccc21. The first kappa shape index (κ1) is 14.8. The van der Waals surface area contributed by atoms with Gasteiger partial charge in [-0.05, 0) is 59.0 Å². The summed E-state index contributed by atoms with van der Waals surface area (Å²) >= 11 is 0. The molecule has 0 nitrogen and oxygen atoms in total. The molecule has 0 spiro atoms. The van der Waals surface area contributed by atoms with Crippen molar-refractivity contribution in [3.05, 3.63) is 113 Å². The summed E-state index contributed by atoms with van der Waals surface area (Å²) < 4.78 is 26.6. The number of benzene rings is 3. The van der Waals surface area contributed by atoms with Crippen LogP contribution in [0.4, 0.5) is 8.78 Å². The average Bonchev–Trinajstić information content (AvgIpc) is 2.91. The Kier molecular flexibility index (Phi) is 3.34. The van der Waals surface area contributed by atoms with Crippen LogP contribution in [0.5, 0.6) is 0 Å². The number of fused-ring (bicyclic) bond motifs is 1. The van der Waals surface area contributed by atoms with Crippen LogP contribution in [0.1, 0.15) is 29.2 Å². The molecule has 0 radical (unpaired) electrons. The molecule has 0 heterocycles. The van der Waals surface area contributed by atoms with Gasteiger partial charge in [-0.15, -0.1) is 0 Å². The number of hydrogen-bond acceptors (Lipinski definition) is 0. The van der Waals surface area contributed by atoms with Gasteiger partial charge in [0.2, 0.25) is 0 Å². The van der Waals surface area contributed by atoms with Gasteiger partial charge >= 0.3 is 0 Å². The van der Waals surface area contributed by atoms with Crippen molar-refractivity contribution in [3.63, 3.8) is 0 Å². The van der Waals surface area contributed by atoms with Gasteiger partial charge in [-0.2, -0.15) is 0 Å². The average molecular weight is 318 g/mol. The van der Waals surface area contributed by atoms with Gasteiger partial charge < -0.3 is 0 Å². The van der Waals surface area contributed by atoms with Gasteiger partial charge in [-0.25, -0.2) is 8.78 Å². The Morgan fingerprint density at radius 1 is 0.708 bits per heavy atom. The summed E-state index contributed by atoms with van der Waals surface area (Å²) in [5.74, 6) is -0.483. The van der Waals surface area contributed by atoms with Crippen molar-refractivity contribution in [2.45, 2.75) is 12.3 Å². The lowest BCUT2D eigenvalue weighted by Gasteiger charge is -2.24. The van der Waals surface area contributed by atoms with Crippen LogP contribution in [0.15, 0.2) is 78.9 Å². The third kappa shape index (κ3) is 2.26. The zero-order chi connectivity index (χ0) is 16.7. The van der Waals surface area contributed by atoms with Crippen LogP contribution in [0, 0.1) is 11.6 Å². The molecule has 1 unspecified atom stereocenters. The lowest BCUT2D eigenvalue weighted by molar-refractivity contribution is 0.624. The molecule has 0 bridgehead atoms. The Morgan fingerprint density at radius 3 is 1.96 bits per heavy atom. The fourth-order valence-corrected chi connectivity index (χ4v) is 3.52. The van der Waals surface area contributed by atoms with Crippen molar-refractivity contribution in [1.82, 2.24) is 0 Å². The van der Waals surface area contributed by atoms with Crippen molar-refractivity contribution >= 4 is 5.57 Å². The third-order valence-electron chi connectivity index (χ3n) is 4.81. The predicted molar refractivity (Wildman–Crippen MR) is 92.8 cm³/mol. The van der Waals surface area contributed by atoms with Gasteiger partial charge in [0.1, 0.15) is 11.6 Å². The molecule has 0 saturated carbocycles. The van der Waals surface area contributed by atoms with E-state index in [-0.39, 0.29) is 17.0 Å². The monoisotopic (exact) mass is 318 g/mol. The van der Waals surface area contributed by atoms with E-state index in [0.717, 1.165) is 22.3 Å². The molecule has 1 atom stereocenters. The summed E-state index contributed by atoms with van der Waals surface area (Å²) in [7, 11) is 0. The summed E-state index contributed by atoms with van der Waals surface area (Å²) in [5.41, 5.74) is 5.07. The Bertz CT molecular complexity index is 921. The summed E-state index contributed by atoms with van der Waals surface area (Å²) in [6.45, 7) is 2.13. The fraction of sp³-hybridized carbons (Fsp3) is 0.0909. The number of rotatable bonds is 2. The largest absolute Gasteiger partial charge is 0.207 e. The second kappa shape index (κ2) is 5.41. The van der Waals surface area contributed by atoms with Crippen molar-refractivity contribution in [3.8, 4) is 0 Å². The predicted octanol–water partition coefficient (Wildman–Crippen LogP) is 5.72. The Balaban J connectivity index is 1.92.